The zero-order chi connectivity index (χ0) is 20.6. The molecule has 0 aromatic heterocycles. The molecule has 5 unspecified atom stereocenters. The van der Waals surface area contributed by atoms with Gasteiger partial charge in [0.25, 0.3) is 0 Å². The van der Waals surface area contributed by atoms with Crippen LogP contribution in [0.2, 0.25) is 0 Å². The van der Waals surface area contributed by atoms with E-state index >= 15 is 0 Å². The molecule has 1 rings (SSSR count). The van der Waals surface area contributed by atoms with Crippen LogP contribution in [0.4, 0.5) is 0 Å². The van der Waals surface area contributed by atoms with Gasteiger partial charge in [0.15, 0.2) is 0 Å². The van der Waals surface area contributed by atoms with E-state index in [2.05, 4.69) is 0 Å². The van der Waals surface area contributed by atoms with Crippen LogP contribution in [0, 0.1) is 5.92 Å². The van der Waals surface area contributed by atoms with Crippen molar-refractivity contribution in [1.29, 1.82) is 0 Å². The summed E-state index contributed by atoms with van der Waals surface area (Å²) in [6, 6.07) is -3.17. The predicted molar refractivity (Wildman–Crippen MR) is 93.5 cm³/mol. The van der Waals surface area contributed by atoms with Gasteiger partial charge in [-0.3, -0.25) is 19.6 Å². The molecule has 5 atom stereocenters. The molecule has 3 amide bonds. The molecule has 0 spiro atoms. The van der Waals surface area contributed by atoms with Crippen LogP contribution in [-0.4, -0.2) is 90.0 Å². The van der Waals surface area contributed by atoms with Gasteiger partial charge >= 0.3 is 0 Å². The highest BCUT2D eigenvalue weighted by molar-refractivity contribution is 7.88. The van der Waals surface area contributed by atoms with Gasteiger partial charge in [0.2, 0.25) is 27.7 Å². The van der Waals surface area contributed by atoms with Gasteiger partial charge in [0.05, 0.1) is 18.2 Å². The highest BCUT2D eigenvalue weighted by Crippen LogP contribution is 2.28. The third-order valence-electron chi connectivity index (χ3n) is 5.27. The van der Waals surface area contributed by atoms with Crippen LogP contribution < -0.4 is 5.48 Å². The summed E-state index contributed by atoms with van der Waals surface area (Å²) < 4.78 is 24.5. The molecule has 0 bridgehead atoms. The van der Waals surface area contributed by atoms with Gasteiger partial charge in [-0.15, -0.1) is 0 Å². The van der Waals surface area contributed by atoms with Crippen LogP contribution in [0.25, 0.3) is 0 Å². The lowest BCUT2D eigenvalue weighted by molar-refractivity contribution is -0.164. The smallest absolute Gasteiger partial charge is 0.248 e. The predicted octanol–water partition coefficient (Wildman–Crippen LogP) is -1.15. The van der Waals surface area contributed by atoms with Crippen molar-refractivity contribution in [3.63, 3.8) is 0 Å². The Bertz CT molecular complexity index is 682. The Morgan fingerprint density at radius 3 is 2.19 bits per heavy atom. The van der Waals surface area contributed by atoms with Crippen molar-refractivity contribution in [2.75, 3.05) is 20.4 Å². The molecule has 11 heteroatoms. The number of hydroxylamine groups is 1. The van der Waals surface area contributed by atoms with E-state index in [4.69, 9.17) is 5.21 Å². The fourth-order valence-corrected chi connectivity index (χ4v) is 3.91. The van der Waals surface area contributed by atoms with Gasteiger partial charge in [-0.2, -0.15) is 4.31 Å². The van der Waals surface area contributed by atoms with Crippen LogP contribution in [-0.2, 0) is 24.4 Å². The normalized spacial score (nSPS) is 26.7. The van der Waals surface area contributed by atoms with Gasteiger partial charge in [0, 0.05) is 20.1 Å². The molecule has 1 saturated heterocycles. The van der Waals surface area contributed by atoms with Gasteiger partial charge in [-0.1, -0.05) is 6.92 Å². The molecule has 2 N–H and O–H groups in total. The molecule has 1 aliphatic rings. The first kappa shape index (κ1) is 22.3. The van der Waals surface area contributed by atoms with Gasteiger partial charge in [-0.05, 0) is 20.8 Å². The summed E-state index contributed by atoms with van der Waals surface area (Å²) >= 11 is 0. The van der Waals surface area contributed by atoms with Crippen molar-refractivity contribution in [3.8, 4) is 0 Å². The molecule has 0 saturated carbocycles. The molecule has 150 valence electrons. The van der Waals surface area contributed by atoms with E-state index < -0.39 is 51.9 Å². The Labute approximate surface area is 154 Å². The maximum absolute atomic E-state index is 13.1. The second-order valence-corrected chi connectivity index (χ2v) is 8.86. The van der Waals surface area contributed by atoms with E-state index in [0.717, 1.165) is 10.6 Å². The van der Waals surface area contributed by atoms with Crippen molar-refractivity contribution >= 4 is 27.7 Å². The second kappa shape index (κ2) is 7.89. The van der Waals surface area contributed by atoms with E-state index in [-0.39, 0.29) is 5.91 Å². The van der Waals surface area contributed by atoms with Crippen LogP contribution in [0.5, 0.6) is 0 Å². The van der Waals surface area contributed by atoms with E-state index in [0.29, 0.717) is 0 Å². The molecule has 26 heavy (non-hydrogen) atoms. The largest absolute Gasteiger partial charge is 0.339 e. The number of nitrogens with one attached hydrogen (secondary N) is 1. The first-order chi connectivity index (χ1) is 11.8. The van der Waals surface area contributed by atoms with Crippen molar-refractivity contribution in [2.45, 2.75) is 51.9 Å². The molecule has 1 heterocycles. The first-order valence-electron chi connectivity index (χ1n) is 8.23. The zero-order valence-corrected chi connectivity index (χ0v) is 16.9. The average Bonchev–Trinajstić information content (AvgIpc) is 2.58. The molecular weight excluding hydrogens is 364 g/mol. The fraction of sp³-hybridized carbons (Fsp3) is 0.800. The number of hydrogen-bond donors (Lipinski definition) is 2. The molecule has 0 aromatic rings. The number of nitrogens with zero attached hydrogens (tertiary/aromatic N) is 3. The van der Waals surface area contributed by atoms with Crippen LogP contribution in [0.1, 0.15) is 27.7 Å². The van der Waals surface area contributed by atoms with Crippen molar-refractivity contribution in [1.82, 2.24) is 19.6 Å². The molecule has 1 fully saturated rings. The zero-order valence-electron chi connectivity index (χ0n) is 16.1. The Hall–Kier alpha value is -1.72. The van der Waals surface area contributed by atoms with E-state index in [9.17, 15) is 22.8 Å². The van der Waals surface area contributed by atoms with E-state index in [1.807, 2.05) is 0 Å². The third kappa shape index (κ3) is 3.99. The van der Waals surface area contributed by atoms with E-state index in [1.54, 1.807) is 19.5 Å². The first-order valence-corrected chi connectivity index (χ1v) is 10.1. The van der Waals surface area contributed by atoms with Gasteiger partial charge in [-0.25, -0.2) is 13.9 Å². The van der Waals surface area contributed by atoms with Gasteiger partial charge < -0.3 is 9.80 Å². The molecule has 10 nitrogen and oxygen atoms in total. The van der Waals surface area contributed by atoms with Crippen molar-refractivity contribution < 1.29 is 28.0 Å². The summed E-state index contributed by atoms with van der Waals surface area (Å²) in [5.41, 5.74) is 1.57. The topological polar surface area (TPSA) is 127 Å². The second-order valence-electron chi connectivity index (χ2n) is 6.82. The molecule has 0 aliphatic carbocycles. The summed E-state index contributed by atoms with van der Waals surface area (Å²) in [6.07, 6.45) is 0.983. The van der Waals surface area contributed by atoms with E-state index in [1.165, 1.54) is 37.6 Å². The van der Waals surface area contributed by atoms with Crippen molar-refractivity contribution in [2.24, 2.45) is 5.92 Å². The summed E-state index contributed by atoms with van der Waals surface area (Å²) in [7, 11) is -0.771. The SMILES string of the molecule is CC(C(=O)NO)C1C(C)N(C)C(=O)C(C)N1C(=O)C(C)N(C)S(C)(=O)=O. The van der Waals surface area contributed by atoms with Crippen LogP contribution in [0.15, 0.2) is 0 Å². The molecule has 0 radical (unpaired) electrons. The minimum Gasteiger partial charge on any atom is -0.339 e. The average molecular weight is 392 g/mol. The number of likely N-dealkylation sites (N-methyl/N-ethyl adjacent to an activating group) is 2. The monoisotopic (exact) mass is 392 g/mol. The fourth-order valence-electron chi connectivity index (χ4n) is 3.25. The Balaban J connectivity index is 3.37. The minimum atomic E-state index is -3.63. The molecule has 1 aliphatic heterocycles. The number of piperazine rings is 1. The summed E-state index contributed by atoms with van der Waals surface area (Å²) in [6.45, 7) is 6.19. The maximum Gasteiger partial charge on any atom is 0.248 e. The number of amides is 3. The Morgan fingerprint density at radius 1 is 1.27 bits per heavy atom. The maximum atomic E-state index is 13.1. The highest BCUT2D eigenvalue weighted by Gasteiger charge is 2.49. The number of carbonyl (C=O) groups excluding carboxylic acids is 3. The van der Waals surface area contributed by atoms with Crippen LogP contribution >= 0.6 is 0 Å². The number of hydrogen-bond acceptors (Lipinski definition) is 6. The molecular formula is C15H28N4O6S. The summed E-state index contributed by atoms with van der Waals surface area (Å²) in [4.78, 5) is 40.3. The summed E-state index contributed by atoms with van der Waals surface area (Å²) in [5, 5.41) is 8.96. The standard InChI is InChI=1S/C15H28N4O6S/c1-8(13(20)16-23)12-9(2)17(5)14(21)11(4)19(12)15(22)10(3)18(6)26(7,24)25/h8-12,23H,1-7H3,(H,16,20). The highest BCUT2D eigenvalue weighted by atomic mass is 32.2. The lowest BCUT2D eigenvalue weighted by atomic mass is 9.87. The lowest BCUT2D eigenvalue weighted by Gasteiger charge is -2.50. The Morgan fingerprint density at radius 2 is 1.77 bits per heavy atom. The number of carbonyl (C=O) groups is 3. The minimum absolute atomic E-state index is 0.312. The third-order valence-corrected chi connectivity index (χ3v) is 6.63. The van der Waals surface area contributed by atoms with Gasteiger partial charge in [0.1, 0.15) is 12.1 Å². The number of rotatable bonds is 5. The molecule has 0 aromatic carbocycles. The number of sulfonamides is 1. The summed E-state index contributed by atoms with van der Waals surface area (Å²) in [5.74, 6) is -2.42. The quantitative estimate of drug-likeness (QED) is 0.449. The van der Waals surface area contributed by atoms with Crippen LogP contribution in [0.3, 0.4) is 0 Å². The lowest BCUT2D eigenvalue weighted by Crippen LogP contribution is -2.70. The Kier molecular flexibility index (Phi) is 6.77. The van der Waals surface area contributed by atoms with Crippen molar-refractivity contribution in [3.05, 3.63) is 0 Å².